The van der Waals surface area contributed by atoms with Gasteiger partial charge in [-0.1, -0.05) is 12.1 Å². The number of piperidine rings is 1. The first-order valence-corrected chi connectivity index (χ1v) is 9.50. The van der Waals surface area contributed by atoms with E-state index in [9.17, 15) is 9.59 Å². The third-order valence-electron chi connectivity index (χ3n) is 4.73. The van der Waals surface area contributed by atoms with E-state index >= 15 is 0 Å². The number of nitrogens with one attached hydrogen (secondary N) is 3. The quantitative estimate of drug-likeness (QED) is 0.708. The topological polar surface area (TPSA) is 99.2 Å². The lowest BCUT2D eigenvalue weighted by atomic mass is 9.98. The molecule has 3 amide bonds. The van der Waals surface area contributed by atoms with E-state index in [1.165, 1.54) is 0 Å². The van der Waals surface area contributed by atoms with Gasteiger partial charge in [-0.3, -0.25) is 4.79 Å². The molecule has 1 aromatic heterocycles. The molecule has 1 atom stereocenters. The Balaban J connectivity index is 1.48. The van der Waals surface area contributed by atoms with Crippen molar-refractivity contribution in [3.05, 3.63) is 48.3 Å². The fourth-order valence-corrected chi connectivity index (χ4v) is 3.31. The summed E-state index contributed by atoms with van der Waals surface area (Å²) in [6.45, 7) is 2.35. The van der Waals surface area contributed by atoms with Gasteiger partial charge < -0.3 is 20.9 Å². The maximum Gasteiger partial charge on any atom is 0.319 e. The first-order valence-electron chi connectivity index (χ1n) is 9.50. The maximum atomic E-state index is 12.3. The Bertz CT molecular complexity index is 798. The standard InChI is InChI=1S/C20H26N6O2/c1-21-18(27)12-15-5-2-7-17(11-15)25-20(28)24-13-16-6-3-10-26(14-16)19-22-8-4-9-23-19/h2,4-5,7-9,11,16H,3,6,10,12-14H2,1H3,(H,21,27)(H2,24,25,28)/t16-/m0/s1. The lowest BCUT2D eigenvalue weighted by Crippen LogP contribution is -2.42. The number of benzene rings is 1. The van der Waals surface area contributed by atoms with Crippen LogP contribution in [-0.2, 0) is 11.2 Å². The first kappa shape index (κ1) is 19.6. The van der Waals surface area contributed by atoms with Crippen LogP contribution in [-0.4, -0.2) is 48.6 Å². The van der Waals surface area contributed by atoms with Crippen molar-refractivity contribution in [3.8, 4) is 0 Å². The molecule has 2 aromatic rings. The summed E-state index contributed by atoms with van der Waals surface area (Å²) >= 11 is 0. The maximum absolute atomic E-state index is 12.3. The summed E-state index contributed by atoms with van der Waals surface area (Å²) in [4.78, 5) is 34.5. The van der Waals surface area contributed by atoms with Crippen molar-refractivity contribution >= 4 is 23.6 Å². The molecule has 0 saturated carbocycles. The van der Waals surface area contributed by atoms with Gasteiger partial charge in [0.1, 0.15) is 0 Å². The lowest BCUT2D eigenvalue weighted by molar-refractivity contribution is -0.119. The summed E-state index contributed by atoms with van der Waals surface area (Å²) in [5, 5.41) is 8.38. The molecular formula is C20H26N6O2. The number of aromatic nitrogens is 2. The number of likely N-dealkylation sites (N-methyl/N-ethyl adjacent to an activating group) is 1. The molecular weight excluding hydrogens is 356 g/mol. The zero-order chi connectivity index (χ0) is 19.8. The first-order chi connectivity index (χ1) is 13.6. The average Bonchev–Trinajstić information content (AvgIpc) is 2.73. The summed E-state index contributed by atoms with van der Waals surface area (Å²) in [5.41, 5.74) is 1.52. The summed E-state index contributed by atoms with van der Waals surface area (Å²) in [6, 6.07) is 8.87. The fourth-order valence-electron chi connectivity index (χ4n) is 3.31. The Morgan fingerprint density at radius 1 is 1.21 bits per heavy atom. The number of carbonyl (C=O) groups is 2. The highest BCUT2D eigenvalue weighted by atomic mass is 16.2. The van der Waals surface area contributed by atoms with Crippen LogP contribution in [0.5, 0.6) is 0 Å². The molecule has 0 spiro atoms. The molecule has 0 unspecified atom stereocenters. The van der Waals surface area contributed by atoms with Crippen molar-refractivity contribution < 1.29 is 9.59 Å². The Hall–Kier alpha value is -3.16. The summed E-state index contributed by atoms with van der Waals surface area (Å²) in [6.07, 6.45) is 5.89. The van der Waals surface area contributed by atoms with E-state index in [2.05, 4.69) is 30.8 Å². The van der Waals surface area contributed by atoms with Crippen LogP contribution in [0, 0.1) is 5.92 Å². The molecule has 28 heavy (non-hydrogen) atoms. The summed E-state index contributed by atoms with van der Waals surface area (Å²) in [7, 11) is 1.61. The van der Waals surface area contributed by atoms with Gasteiger partial charge in [0.25, 0.3) is 0 Å². The van der Waals surface area contributed by atoms with Crippen molar-refractivity contribution in [2.75, 3.05) is 36.9 Å². The largest absolute Gasteiger partial charge is 0.359 e. The van der Waals surface area contributed by atoms with E-state index in [1.54, 1.807) is 25.5 Å². The number of anilines is 2. The highest BCUT2D eigenvalue weighted by Gasteiger charge is 2.22. The number of nitrogens with zero attached hydrogens (tertiary/aromatic N) is 3. The molecule has 1 aromatic carbocycles. The van der Waals surface area contributed by atoms with Crippen LogP contribution < -0.4 is 20.9 Å². The van der Waals surface area contributed by atoms with Crippen LogP contribution in [0.15, 0.2) is 42.7 Å². The summed E-state index contributed by atoms with van der Waals surface area (Å²) in [5.74, 6) is 1.03. The van der Waals surface area contributed by atoms with Crippen molar-refractivity contribution in [3.63, 3.8) is 0 Å². The Morgan fingerprint density at radius 3 is 2.82 bits per heavy atom. The SMILES string of the molecule is CNC(=O)Cc1cccc(NC(=O)NC[C@@H]2CCCN(c3ncccn3)C2)c1. The van der Waals surface area contributed by atoms with Gasteiger partial charge in [-0.15, -0.1) is 0 Å². The average molecular weight is 382 g/mol. The van der Waals surface area contributed by atoms with Gasteiger partial charge in [0.2, 0.25) is 11.9 Å². The number of rotatable bonds is 6. The van der Waals surface area contributed by atoms with Gasteiger partial charge >= 0.3 is 6.03 Å². The molecule has 148 valence electrons. The molecule has 8 heteroatoms. The number of hydrogen-bond donors (Lipinski definition) is 3. The van der Waals surface area contributed by atoms with Crippen LogP contribution >= 0.6 is 0 Å². The van der Waals surface area contributed by atoms with Crippen LogP contribution in [0.4, 0.5) is 16.4 Å². The Labute approximate surface area is 164 Å². The second kappa shape index (κ2) is 9.68. The third-order valence-corrected chi connectivity index (χ3v) is 4.73. The molecule has 1 saturated heterocycles. The monoisotopic (exact) mass is 382 g/mol. The number of carbonyl (C=O) groups excluding carboxylic acids is 2. The molecule has 1 aliphatic heterocycles. The highest BCUT2D eigenvalue weighted by Crippen LogP contribution is 2.19. The zero-order valence-electron chi connectivity index (χ0n) is 16.0. The third kappa shape index (κ3) is 5.67. The van der Waals surface area contributed by atoms with Gasteiger partial charge in [0.05, 0.1) is 6.42 Å². The fraction of sp³-hybridized carbons (Fsp3) is 0.400. The summed E-state index contributed by atoms with van der Waals surface area (Å²) < 4.78 is 0. The van der Waals surface area contributed by atoms with Crippen molar-refractivity contribution in [1.29, 1.82) is 0 Å². The number of amides is 3. The van der Waals surface area contributed by atoms with Gasteiger partial charge in [0, 0.05) is 44.8 Å². The molecule has 1 aliphatic rings. The van der Waals surface area contributed by atoms with Crippen molar-refractivity contribution in [2.45, 2.75) is 19.3 Å². The molecule has 3 N–H and O–H groups in total. The van der Waals surface area contributed by atoms with Gasteiger partial charge in [-0.2, -0.15) is 0 Å². The Morgan fingerprint density at radius 2 is 2.04 bits per heavy atom. The van der Waals surface area contributed by atoms with E-state index in [0.29, 0.717) is 18.2 Å². The van der Waals surface area contributed by atoms with Gasteiger partial charge in [-0.25, -0.2) is 14.8 Å². The van der Waals surface area contributed by atoms with Gasteiger partial charge in [-0.05, 0) is 42.5 Å². The van der Waals surface area contributed by atoms with E-state index < -0.39 is 0 Å². The van der Waals surface area contributed by atoms with Crippen LogP contribution in [0.25, 0.3) is 0 Å². The highest BCUT2D eigenvalue weighted by molar-refractivity contribution is 5.89. The number of hydrogen-bond acceptors (Lipinski definition) is 5. The molecule has 0 radical (unpaired) electrons. The second-order valence-corrected chi connectivity index (χ2v) is 6.89. The minimum Gasteiger partial charge on any atom is -0.359 e. The zero-order valence-corrected chi connectivity index (χ0v) is 16.0. The van der Waals surface area contributed by atoms with Crippen LogP contribution in [0.2, 0.25) is 0 Å². The van der Waals surface area contributed by atoms with E-state index in [-0.39, 0.29) is 18.4 Å². The van der Waals surface area contributed by atoms with Crippen molar-refractivity contribution in [2.24, 2.45) is 5.92 Å². The van der Waals surface area contributed by atoms with E-state index in [4.69, 9.17) is 0 Å². The molecule has 0 bridgehead atoms. The van der Waals surface area contributed by atoms with E-state index in [0.717, 1.165) is 37.4 Å². The molecule has 8 nitrogen and oxygen atoms in total. The minimum absolute atomic E-state index is 0.0640. The normalized spacial score (nSPS) is 16.3. The van der Waals surface area contributed by atoms with Crippen LogP contribution in [0.1, 0.15) is 18.4 Å². The molecule has 1 fully saturated rings. The lowest BCUT2D eigenvalue weighted by Gasteiger charge is -2.32. The van der Waals surface area contributed by atoms with Crippen LogP contribution in [0.3, 0.4) is 0 Å². The Kier molecular flexibility index (Phi) is 6.78. The molecule has 2 heterocycles. The predicted molar refractivity (Wildman–Crippen MR) is 108 cm³/mol. The molecule has 0 aliphatic carbocycles. The second-order valence-electron chi connectivity index (χ2n) is 6.89. The van der Waals surface area contributed by atoms with E-state index in [1.807, 2.05) is 24.3 Å². The smallest absolute Gasteiger partial charge is 0.319 e. The predicted octanol–water partition coefficient (Wildman–Crippen LogP) is 1.80. The van der Waals surface area contributed by atoms with Gasteiger partial charge in [0.15, 0.2) is 0 Å². The van der Waals surface area contributed by atoms with Crippen molar-refractivity contribution in [1.82, 2.24) is 20.6 Å². The number of urea groups is 1. The molecule has 3 rings (SSSR count). The minimum atomic E-state index is -0.245.